The maximum atomic E-state index is 5.73. The molecule has 0 saturated heterocycles. The third-order valence-electron chi connectivity index (χ3n) is 2.81. The highest BCUT2D eigenvalue weighted by molar-refractivity contribution is 7.98. The van der Waals surface area contributed by atoms with Crippen molar-refractivity contribution < 1.29 is 0 Å². The van der Waals surface area contributed by atoms with E-state index in [1.54, 1.807) is 24.0 Å². The van der Waals surface area contributed by atoms with Crippen molar-refractivity contribution in [3.63, 3.8) is 0 Å². The van der Waals surface area contributed by atoms with Crippen molar-refractivity contribution in [1.82, 2.24) is 15.0 Å². The van der Waals surface area contributed by atoms with E-state index in [1.165, 1.54) is 5.56 Å². The Kier molecular flexibility index (Phi) is 3.13. The van der Waals surface area contributed by atoms with E-state index in [-0.39, 0.29) is 0 Å². The van der Waals surface area contributed by atoms with Crippen LogP contribution >= 0.6 is 11.8 Å². The zero-order valence-electron chi connectivity index (χ0n) is 10.6. The van der Waals surface area contributed by atoms with E-state index in [9.17, 15) is 0 Å². The number of hydrogen-bond donors (Lipinski definition) is 2. The average molecular weight is 270 g/mol. The van der Waals surface area contributed by atoms with Crippen molar-refractivity contribution >= 4 is 28.5 Å². The predicted molar refractivity (Wildman–Crippen MR) is 79.0 cm³/mol. The number of imidazole rings is 1. The number of thioether (sulfide) groups is 1. The van der Waals surface area contributed by atoms with E-state index in [0.717, 1.165) is 33.3 Å². The topological polar surface area (TPSA) is 67.6 Å². The van der Waals surface area contributed by atoms with Crippen LogP contribution in [-0.2, 0) is 5.75 Å². The molecule has 96 valence electrons. The number of benzene rings is 1. The van der Waals surface area contributed by atoms with Crippen LogP contribution in [0, 0.1) is 6.92 Å². The number of anilines is 1. The standard InChI is InChI=1S/C14H14N4S/c1-9-2-3-12-13(6-9)18-14(17-12)19-8-11-7-10(15)4-5-16-11/h2-7H,8H2,1H3,(H2,15,16)(H,17,18). The van der Waals surface area contributed by atoms with Gasteiger partial charge in [0.05, 0.1) is 16.7 Å². The molecule has 0 amide bonds. The molecule has 4 nitrogen and oxygen atoms in total. The van der Waals surface area contributed by atoms with E-state index >= 15 is 0 Å². The number of rotatable bonds is 3. The van der Waals surface area contributed by atoms with Gasteiger partial charge in [-0.25, -0.2) is 4.98 Å². The third kappa shape index (κ3) is 2.71. The molecule has 0 aliphatic carbocycles. The molecule has 2 aromatic heterocycles. The Balaban J connectivity index is 1.78. The minimum Gasteiger partial charge on any atom is -0.399 e. The lowest BCUT2D eigenvalue weighted by Gasteiger charge is -1.99. The fourth-order valence-corrected chi connectivity index (χ4v) is 2.67. The van der Waals surface area contributed by atoms with E-state index in [0.29, 0.717) is 0 Å². The summed E-state index contributed by atoms with van der Waals surface area (Å²) in [6.07, 6.45) is 1.73. The molecule has 0 fully saturated rings. The maximum Gasteiger partial charge on any atom is 0.166 e. The van der Waals surface area contributed by atoms with Gasteiger partial charge in [-0.3, -0.25) is 4.98 Å². The molecule has 0 aliphatic heterocycles. The summed E-state index contributed by atoms with van der Waals surface area (Å²) in [4.78, 5) is 12.1. The highest BCUT2D eigenvalue weighted by atomic mass is 32.2. The van der Waals surface area contributed by atoms with Gasteiger partial charge in [0.25, 0.3) is 0 Å². The number of nitrogens with two attached hydrogens (primary N) is 1. The van der Waals surface area contributed by atoms with Gasteiger partial charge in [0.1, 0.15) is 0 Å². The van der Waals surface area contributed by atoms with Gasteiger partial charge in [-0.15, -0.1) is 0 Å². The van der Waals surface area contributed by atoms with Crippen LogP contribution in [0.4, 0.5) is 5.69 Å². The van der Waals surface area contributed by atoms with Crippen molar-refractivity contribution in [1.29, 1.82) is 0 Å². The lowest BCUT2D eigenvalue weighted by molar-refractivity contribution is 1.07. The van der Waals surface area contributed by atoms with Crippen LogP contribution < -0.4 is 5.73 Å². The van der Waals surface area contributed by atoms with Crippen LogP contribution in [0.1, 0.15) is 11.3 Å². The summed E-state index contributed by atoms with van der Waals surface area (Å²) in [6, 6.07) is 9.88. The molecular weight excluding hydrogens is 256 g/mol. The third-order valence-corrected chi connectivity index (χ3v) is 3.72. The summed E-state index contributed by atoms with van der Waals surface area (Å²) in [6.45, 7) is 2.07. The molecule has 0 spiro atoms. The van der Waals surface area contributed by atoms with Crippen LogP contribution in [0.3, 0.4) is 0 Å². The van der Waals surface area contributed by atoms with Crippen molar-refractivity contribution in [3.8, 4) is 0 Å². The molecular formula is C14H14N4S. The molecule has 3 aromatic rings. The van der Waals surface area contributed by atoms with E-state index in [4.69, 9.17) is 5.73 Å². The number of nitrogens with one attached hydrogen (secondary N) is 1. The summed E-state index contributed by atoms with van der Waals surface area (Å²) in [7, 11) is 0. The number of aryl methyl sites for hydroxylation is 1. The number of fused-ring (bicyclic) bond motifs is 1. The Morgan fingerprint density at radius 3 is 3.00 bits per heavy atom. The first-order chi connectivity index (χ1) is 9.20. The van der Waals surface area contributed by atoms with Crippen LogP contribution in [0.15, 0.2) is 41.7 Å². The first-order valence-electron chi connectivity index (χ1n) is 6.00. The molecule has 0 bridgehead atoms. The summed E-state index contributed by atoms with van der Waals surface area (Å²) in [5, 5.41) is 0.907. The minimum atomic E-state index is 0.742. The van der Waals surface area contributed by atoms with Crippen molar-refractivity contribution in [3.05, 3.63) is 47.8 Å². The largest absolute Gasteiger partial charge is 0.399 e. The normalized spacial score (nSPS) is 11.0. The van der Waals surface area contributed by atoms with E-state index < -0.39 is 0 Å². The van der Waals surface area contributed by atoms with E-state index in [1.807, 2.05) is 12.1 Å². The van der Waals surface area contributed by atoms with Gasteiger partial charge in [0, 0.05) is 17.6 Å². The van der Waals surface area contributed by atoms with Gasteiger partial charge >= 0.3 is 0 Å². The minimum absolute atomic E-state index is 0.742. The molecule has 0 aliphatic rings. The van der Waals surface area contributed by atoms with Crippen molar-refractivity contribution in [2.45, 2.75) is 17.8 Å². The second-order valence-corrected chi connectivity index (χ2v) is 5.40. The molecule has 5 heteroatoms. The highest BCUT2D eigenvalue weighted by Crippen LogP contribution is 2.23. The molecule has 1 aromatic carbocycles. The SMILES string of the molecule is Cc1ccc2nc(SCc3cc(N)ccn3)[nH]c2c1. The monoisotopic (exact) mass is 270 g/mol. The van der Waals surface area contributed by atoms with Gasteiger partial charge < -0.3 is 10.7 Å². The lowest BCUT2D eigenvalue weighted by Crippen LogP contribution is -1.90. The Labute approximate surface area is 115 Å². The first kappa shape index (κ1) is 12.0. The molecule has 0 atom stereocenters. The number of aromatic nitrogens is 3. The Hall–Kier alpha value is -2.01. The number of hydrogen-bond acceptors (Lipinski definition) is 4. The average Bonchev–Trinajstić information content (AvgIpc) is 2.78. The number of aromatic amines is 1. The molecule has 2 heterocycles. The zero-order chi connectivity index (χ0) is 13.2. The molecule has 3 N–H and O–H groups in total. The van der Waals surface area contributed by atoms with E-state index in [2.05, 4.69) is 34.0 Å². The van der Waals surface area contributed by atoms with Crippen molar-refractivity contribution in [2.24, 2.45) is 0 Å². The van der Waals surface area contributed by atoms with Gasteiger partial charge in [0.15, 0.2) is 5.16 Å². The summed E-state index contributed by atoms with van der Waals surface area (Å²) in [5.41, 5.74) is 10.7. The zero-order valence-corrected chi connectivity index (χ0v) is 11.4. The number of nitrogen functional groups attached to an aromatic ring is 1. The highest BCUT2D eigenvalue weighted by Gasteiger charge is 2.04. The molecule has 0 saturated carbocycles. The Bertz CT molecular complexity index is 720. The molecule has 19 heavy (non-hydrogen) atoms. The second-order valence-electron chi connectivity index (χ2n) is 4.43. The number of H-pyrrole nitrogens is 1. The van der Waals surface area contributed by atoms with Crippen LogP contribution in [0.5, 0.6) is 0 Å². The van der Waals surface area contributed by atoms with Crippen molar-refractivity contribution in [2.75, 3.05) is 5.73 Å². The van der Waals surface area contributed by atoms with Crippen LogP contribution in [-0.4, -0.2) is 15.0 Å². The Morgan fingerprint density at radius 2 is 2.16 bits per heavy atom. The fourth-order valence-electron chi connectivity index (χ4n) is 1.89. The molecule has 3 rings (SSSR count). The van der Waals surface area contributed by atoms with Gasteiger partial charge in [-0.05, 0) is 36.8 Å². The molecule has 0 unspecified atom stereocenters. The fraction of sp³-hybridized carbons (Fsp3) is 0.143. The summed E-state index contributed by atoms with van der Waals surface area (Å²) in [5.74, 6) is 0.754. The first-order valence-corrected chi connectivity index (χ1v) is 6.99. The number of pyridine rings is 1. The summed E-state index contributed by atoms with van der Waals surface area (Å²) >= 11 is 1.63. The van der Waals surface area contributed by atoms with Crippen LogP contribution in [0.2, 0.25) is 0 Å². The smallest absolute Gasteiger partial charge is 0.166 e. The number of nitrogens with zero attached hydrogens (tertiary/aromatic N) is 2. The quantitative estimate of drug-likeness (QED) is 0.717. The van der Waals surface area contributed by atoms with Gasteiger partial charge in [-0.1, -0.05) is 17.8 Å². The summed E-state index contributed by atoms with van der Waals surface area (Å²) < 4.78 is 0. The lowest BCUT2D eigenvalue weighted by atomic mass is 10.2. The maximum absolute atomic E-state index is 5.73. The van der Waals surface area contributed by atoms with Gasteiger partial charge in [-0.2, -0.15) is 0 Å². The molecule has 0 radical (unpaired) electrons. The Morgan fingerprint density at radius 1 is 1.26 bits per heavy atom. The van der Waals surface area contributed by atoms with Crippen LogP contribution in [0.25, 0.3) is 11.0 Å². The predicted octanol–water partition coefficient (Wildman–Crippen LogP) is 3.14. The van der Waals surface area contributed by atoms with Gasteiger partial charge in [0.2, 0.25) is 0 Å². The second kappa shape index (κ2) is 4.93.